The third-order valence-corrected chi connectivity index (χ3v) is 5.98. The van der Waals surface area contributed by atoms with Crippen LogP contribution < -0.4 is 0 Å². The molecule has 0 aliphatic carbocycles. The summed E-state index contributed by atoms with van der Waals surface area (Å²) in [6.45, 7) is 4.54. The van der Waals surface area contributed by atoms with Gasteiger partial charge in [-0.15, -0.1) is 5.10 Å². The van der Waals surface area contributed by atoms with Gasteiger partial charge >= 0.3 is 0 Å². The lowest BCUT2D eigenvalue weighted by Crippen LogP contribution is -2.25. The largest absolute Gasteiger partial charge is 0.446 e. The molecule has 0 radical (unpaired) electrons. The Kier molecular flexibility index (Phi) is 4.59. The van der Waals surface area contributed by atoms with Crippen molar-refractivity contribution in [3.05, 3.63) is 82.3 Å². The summed E-state index contributed by atoms with van der Waals surface area (Å²) in [6.07, 6.45) is -0.589. The van der Waals surface area contributed by atoms with Crippen molar-refractivity contribution in [1.29, 1.82) is 0 Å². The molecule has 1 aromatic heterocycles. The average molecular weight is 462 g/mol. The number of nitrogens with zero attached hydrogens (tertiary/aromatic N) is 3. The summed E-state index contributed by atoms with van der Waals surface area (Å²) < 4.78 is 9.45. The van der Waals surface area contributed by atoms with Gasteiger partial charge in [-0.1, -0.05) is 40.2 Å². The Labute approximate surface area is 182 Å². The van der Waals surface area contributed by atoms with Gasteiger partial charge in [0, 0.05) is 50.9 Å². The van der Waals surface area contributed by atoms with Crippen LogP contribution in [0.25, 0.3) is 21.8 Å². The van der Waals surface area contributed by atoms with E-state index in [-0.39, 0.29) is 5.91 Å². The van der Waals surface area contributed by atoms with Crippen molar-refractivity contribution < 1.29 is 9.53 Å². The maximum atomic E-state index is 12.3. The fourth-order valence-corrected chi connectivity index (χ4v) is 4.32. The van der Waals surface area contributed by atoms with Crippen LogP contribution in [0.2, 0.25) is 0 Å². The smallest absolute Gasteiger partial charge is 0.243 e. The molecule has 0 spiro atoms. The molecule has 0 saturated carbocycles. The molecule has 1 amide bonds. The third kappa shape index (κ3) is 2.99. The second-order valence-corrected chi connectivity index (χ2v) is 8.20. The van der Waals surface area contributed by atoms with Crippen LogP contribution in [0.4, 0.5) is 0 Å². The average Bonchev–Trinajstić information content (AvgIpc) is 3.34. The van der Waals surface area contributed by atoms with E-state index in [4.69, 9.17) is 4.74 Å². The molecule has 1 aliphatic rings. The van der Waals surface area contributed by atoms with Gasteiger partial charge in [-0.2, -0.15) is 5.01 Å². The van der Waals surface area contributed by atoms with Crippen LogP contribution >= 0.6 is 15.9 Å². The van der Waals surface area contributed by atoms with E-state index in [2.05, 4.69) is 68.9 Å². The number of fused-ring (bicyclic) bond motifs is 3. The van der Waals surface area contributed by atoms with Crippen molar-refractivity contribution in [3.63, 3.8) is 0 Å². The van der Waals surface area contributed by atoms with E-state index in [9.17, 15) is 4.79 Å². The Balaban J connectivity index is 1.60. The van der Waals surface area contributed by atoms with Gasteiger partial charge in [-0.05, 0) is 49.4 Å². The molecule has 1 atom stereocenters. The van der Waals surface area contributed by atoms with Gasteiger partial charge in [0.05, 0.1) is 0 Å². The van der Waals surface area contributed by atoms with E-state index in [0.717, 1.165) is 27.5 Å². The van der Waals surface area contributed by atoms with Crippen molar-refractivity contribution in [3.8, 4) is 0 Å². The summed E-state index contributed by atoms with van der Waals surface area (Å²) in [5.74, 6) is 0.280. The maximum absolute atomic E-state index is 12.3. The number of carbonyl (C=O) groups excluding carboxylic acids is 1. The number of aryl methyl sites for hydroxylation is 1. The summed E-state index contributed by atoms with van der Waals surface area (Å²) in [4.78, 5) is 12.3. The molecule has 30 heavy (non-hydrogen) atoms. The lowest BCUT2D eigenvalue weighted by atomic mass is 10.1. The molecular weight excluding hydrogens is 442 g/mol. The molecular formula is C24H20BrN3O2. The zero-order chi connectivity index (χ0) is 20.8. The topological polar surface area (TPSA) is 46.8 Å². The number of hydrazone groups is 1. The number of hydrogen-bond donors (Lipinski definition) is 0. The predicted molar refractivity (Wildman–Crippen MR) is 122 cm³/mol. The van der Waals surface area contributed by atoms with E-state index in [1.54, 1.807) is 0 Å². The normalized spacial score (nSPS) is 16.2. The van der Waals surface area contributed by atoms with Crippen molar-refractivity contribution >= 4 is 49.5 Å². The molecule has 0 unspecified atom stereocenters. The first-order chi connectivity index (χ1) is 14.6. The highest BCUT2D eigenvalue weighted by atomic mass is 79.9. The second-order valence-electron chi connectivity index (χ2n) is 7.28. The summed E-state index contributed by atoms with van der Waals surface area (Å²) in [6, 6.07) is 22.3. The van der Waals surface area contributed by atoms with Gasteiger partial charge in [0.15, 0.2) is 0 Å². The quantitative estimate of drug-likeness (QED) is 0.386. The molecule has 150 valence electrons. The Morgan fingerprint density at radius 2 is 1.77 bits per heavy atom. The van der Waals surface area contributed by atoms with Gasteiger partial charge in [-0.3, -0.25) is 4.79 Å². The van der Waals surface area contributed by atoms with Crippen molar-refractivity contribution in [1.82, 2.24) is 9.58 Å². The monoisotopic (exact) mass is 461 g/mol. The van der Waals surface area contributed by atoms with Crippen LogP contribution in [0.1, 0.15) is 31.2 Å². The standard InChI is InChI=1S/C24H20BrN3O2/c1-3-27-21-7-5-4-6-19(21)20-14-17(10-13-22(20)27)24-28(15(2)29)26-23(30-24)16-8-11-18(25)12-9-16/h4-14,24H,3H2,1-2H3/t24-/m1/s1. The van der Waals surface area contributed by atoms with Crippen LogP contribution in [0.3, 0.4) is 0 Å². The number of rotatable bonds is 3. The van der Waals surface area contributed by atoms with Crippen molar-refractivity contribution in [2.75, 3.05) is 0 Å². The molecule has 0 bridgehead atoms. The molecule has 0 saturated heterocycles. The number of hydrogen-bond acceptors (Lipinski definition) is 3. The highest BCUT2D eigenvalue weighted by Gasteiger charge is 2.33. The minimum absolute atomic E-state index is 0.164. The number of amides is 1. The number of carbonyl (C=O) groups is 1. The van der Waals surface area contributed by atoms with Crippen LogP contribution in [-0.4, -0.2) is 21.4 Å². The highest BCUT2D eigenvalue weighted by molar-refractivity contribution is 9.10. The number of ether oxygens (including phenoxy) is 1. The SMILES string of the molecule is CCn1c2ccccc2c2cc([C@H]3OC(c4ccc(Br)cc4)=NN3C(C)=O)ccc21. The Morgan fingerprint density at radius 1 is 1.03 bits per heavy atom. The molecule has 5 rings (SSSR count). The van der Waals surface area contributed by atoms with Crippen LogP contribution in [-0.2, 0) is 16.1 Å². The van der Waals surface area contributed by atoms with Crippen LogP contribution in [0.5, 0.6) is 0 Å². The van der Waals surface area contributed by atoms with Crippen molar-refractivity contribution in [2.24, 2.45) is 5.10 Å². The van der Waals surface area contributed by atoms with E-state index < -0.39 is 6.23 Å². The molecule has 4 aromatic rings. The third-order valence-electron chi connectivity index (χ3n) is 5.46. The first-order valence-corrected chi connectivity index (χ1v) is 10.7. The molecule has 3 aromatic carbocycles. The lowest BCUT2D eigenvalue weighted by molar-refractivity contribution is -0.135. The summed E-state index contributed by atoms with van der Waals surface area (Å²) >= 11 is 3.44. The molecule has 0 fully saturated rings. The molecule has 0 N–H and O–H groups in total. The van der Waals surface area contributed by atoms with E-state index in [0.29, 0.717) is 5.90 Å². The second kappa shape index (κ2) is 7.29. The van der Waals surface area contributed by atoms with Crippen LogP contribution in [0, 0.1) is 0 Å². The maximum Gasteiger partial charge on any atom is 0.243 e. The first-order valence-electron chi connectivity index (χ1n) is 9.88. The van der Waals surface area contributed by atoms with Crippen LogP contribution in [0.15, 0.2) is 76.3 Å². The summed E-state index contributed by atoms with van der Waals surface area (Å²) in [7, 11) is 0. The summed E-state index contributed by atoms with van der Waals surface area (Å²) in [5.41, 5.74) is 4.10. The number of para-hydroxylation sites is 1. The minimum Gasteiger partial charge on any atom is -0.446 e. The predicted octanol–water partition coefficient (Wildman–Crippen LogP) is 5.82. The Morgan fingerprint density at radius 3 is 2.50 bits per heavy atom. The minimum atomic E-state index is -0.589. The lowest BCUT2D eigenvalue weighted by Gasteiger charge is -2.19. The van der Waals surface area contributed by atoms with E-state index >= 15 is 0 Å². The van der Waals surface area contributed by atoms with E-state index in [1.165, 1.54) is 28.4 Å². The highest BCUT2D eigenvalue weighted by Crippen LogP contribution is 2.35. The molecule has 1 aliphatic heterocycles. The molecule has 6 heteroatoms. The number of benzene rings is 3. The zero-order valence-corrected chi connectivity index (χ0v) is 18.3. The van der Waals surface area contributed by atoms with Gasteiger partial charge in [0.2, 0.25) is 18.0 Å². The fraction of sp³-hybridized carbons (Fsp3) is 0.167. The molecule has 2 heterocycles. The van der Waals surface area contributed by atoms with Gasteiger partial charge < -0.3 is 9.30 Å². The zero-order valence-electron chi connectivity index (χ0n) is 16.7. The van der Waals surface area contributed by atoms with E-state index in [1.807, 2.05) is 30.3 Å². The number of aromatic nitrogens is 1. The Hall–Kier alpha value is -3.12. The van der Waals surface area contributed by atoms with Gasteiger partial charge in [-0.25, -0.2) is 0 Å². The fourth-order valence-electron chi connectivity index (χ4n) is 4.06. The number of halogens is 1. The van der Waals surface area contributed by atoms with Gasteiger partial charge in [0.1, 0.15) is 0 Å². The Bertz CT molecular complexity index is 1310. The van der Waals surface area contributed by atoms with Gasteiger partial charge in [0.25, 0.3) is 0 Å². The first kappa shape index (κ1) is 18.9. The van der Waals surface area contributed by atoms with Crippen molar-refractivity contribution in [2.45, 2.75) is 26.6 Å². The summed E-state index contributed by atoms with van der Waals surface area (Å²) in [5, 5.41) is 8.22. The molecule has 5 nitrogen and oxygen atoms in total.